The molecule has 2 aromatic rings. The van der Waals surface area contributed by atoms with Crippen LogP contribution in [-0.2, 0) is 16.6 Å². The first-order chi connectivity index (χ1) is 10.6. The molecule has 1 aromatic carbocycles. The van der Waals surface area contributed by atoms with E-state index >= 15 is 0 Å². The van der Waals surface area contributed by atoms with Crippen LogP contribution in [0.1, 0.15) is 43.2 Å². The summed E-state index contributed by atoms with van der Waals surface area (Å²) in [6, 6.07) is 6.23. The van der Waals surface area contributed by atoms with Crippen LogP contribution in [0.15, 0.2) is 24.3 Å². The summed E-state index contributed by atoms with van der Waals surface area (Å²) in [5.74, 6) is -0.350. The molecule has 0 unspecified atom stereocenters. The Labute approximate surface area is 132 Å². The van der Waals surface area contributed by atoms with E-state index in [-0.39, 0.29) is 11.7 Å². The Morgan fingerprint density at radius 3 is 2.64 bits per heavy atom. The highest BCUT2D eigenvalue weighted by atomic mass is 32.1. The molecule has 1 N–H and O–H groups in total. The molecule has 3 rings (SSSR count). The van der Waals surface area contributed by atoms with Crippen molar-refractivity contribution < 1.29 is 9.18 Å². The van der Waals surface area contributed by atoms with E-state index in [4.69, 9.17) is 0 Å². The molecule has 1 amide bonds. The van der Waals surface area contributed by atoms with E-state index in [1.54, 1.807) is 12.1 Å². The van der Waals surface area contributed by atoms with E-state index in [2.05, 4.69) is 22.4 Å². The number of rotatable bonds is 5. The monoisotopic (exact) mass is 319 g/mol. The maximum atomic E-state index is 13.1. The molecule has 0 radical (unpaired) electrons. The zero-order valence-electron chi connectivity index (χ0n) is 12.4. The number of nitrogens with zero attached hydrogens (tertiary/aromatic N) is 2. The molecule has 1 heterocycles. The molecule has 116 valence electrons. The summed E-state index contributed by atoms with van der Waals surface area (Å²) in [6.45, 7) is 2.08. The van der Waals surface area contributed by atoms with E-state index in [1.807, 2.05) is 0 Å². The zero-order valence-corrected chi connectivity index (χ0v) is 13.3. The van der Waals surface area contributed by atoms with Gasteiger partial charge in [-0.3, -0.25) is 10.1 Å². The fourth-order valence-electron chi connectivity index (χ4n) is 2.78. The van der Waals surface area contributed by atoms with E-state index in [0.717, 1.165) is 42.7 Å². The Balaban J connectivity index is 1.77. The maximum Gasteiger partial charge on any atom is 0.236 e. The van der Waals surface area contributed by atoms with Crippen LogP contribution in [0.5, 0.6) is 0 Å². The van der Waals surface area contributed by atoms with Crippen LogP contribution in [0.3, 0.4) is 0 Å². The SMILES string of the molecule is CCCc1nnc(NC(=O)C2(c3ccc(F)cc3)CCC2)s1. The molecule has 1 saturated carbocycles. The number of hydrogen-bond acceptors (Lipinski definition) is 4. The van der Waals surface area contributed by atoms with Gasteiger partial charge in [-0.1, -0.05) is 36.8 Å². The van der Waals surface area contributed by atoms with Crippen LogP contribution in [0.2, 0.25) is 0 Å². The van der Waals surface area contributed by atoms with Crippen LogP contribution in [-0.4, -0.2) is 16.1 Å². The van der Waals surface area contributed by atoms with Gasteiger partial charge in [-0.05, 0) is 37.0 Å². The topological polar surface area (TPSA) is 54.9 Å². The first kappa shape index (κ1) is 15.1. The summed E-state index contributed by atoms with van der Waals surface area (Å²) < 4.78 is 13.1. The van der Waals surface area contributed by atoms with Crippen molar-refractivity contribution in [2.45, 2.75) is 44.4 Å². The molecule has 6 heteroatoms. The molecule has 22 heavy (non-hydrogen) atoms. The molecule has 1 aliphatic carbocycles. The largest absolute Gasteiger partial charge is 0.300 e. The normalized spacial score (nSPS) is 16.1. The van der Waals surface area contributed by atoms with Crippen molar-refractivity contribution in [3.63, 3.8) is 0 Å². The Hall–Kier alpha value is -1.82. The van der Waals surface area contributed by atoms with E-state index in [9.17, 15) is 9.18 Å². The lowest BCUT2D eigenvalue weighted by Crippen LogP contribution is -2.46. The predicted octanol–water partition coefficient (Wildman–Crippen LogP) is 3.69. The molecule has 1 aromatic heterocycles. The smallest absolute Gasteiger partial charge is 0.236 e. The van der Waals surface area contributed by atoms with Crippen molar-refractivity contribution in [3.05, 3.63) is 40.7 Å². The van der Waals surface area contributed by atoms with Crippen LogP contribution in [0, 0.1) is 5.82 Å². The van der Waals surface area contributed by atoms with Crippen molar-refractivity contribution in [2.75, 3.05) is 5.32 Å². The van der Waals surface area contributed by atoms with Gasteiger partial charge in [-0.25, -0.2) is 4.39 Å². The first-order valence-corrected chi connectivity index (χ1v) is 8.35. The molecule has 0 aliphatic heterocycles. The van der Waals surface area contributed by atoms with Crippen molar-refractivity contribution >= 4 is 22.4 Å². The fraction of sp³-hybridized carbons (Fsp3) is 0.438. The van der Waals surface area contributed by atoms with Crippen LogP contribution in [0.25, 0.3) is 0 Å². The molecule has 0 bridgehead atoms. The number of nitrogens with one attached hydrogen (secondary N) is 1. The Kier molecular flexibility index (Phi) is 4.20. The van der Waals surface area contributed by atoms with Crippen molar-refractivity contribution in [1.29, 1.82) is 0 Å². The lowest BCUT2D eigenvalue weighted by Gasteiger charge is -2.40. The Morgan fingerprint density at radius 2 is 2.05 bits per heavy atom. The number of aromatic nitrogens is 2. The molecule has 1 aliphatic rings. The van der Waals surface area contributed by atoms with Crippen molar-refractivity contribution in [1.82, 2.24) is 10.2 Å². The third-order valence-electron chi connectivity index (χ3n) is 4.19. The van der Waals surface area contributed by atoms with Crippen molar-refractivity contribution in [3.8, 4) is 0 Å². The second-order valence-corrected chi connectivity index (χ2v) is 6.71. The second kappa shape index (κ2) is 6.12. The predicted molar refractivity (Wildman–Crippen MR) is 84.5 cm³/mol. The fourth-order valence-corrected chi connectivity index (χ4v) is 3.62. The summed E-state index contributed by atoms with van der Waals surface area (Å²) in [5.41, 5.74) is 0.320. The zero-order chi connectivity index (χ0) is 15.6. The highest BCUT2D eigenvalue weighted by molar-refractivity contribution is 7.15. The minimum atomic E-state index is -0.551. The maximum absolute atomic E-state index is 13.1. The average Bonchev–Trinajstić information content (AvgIpc) is 2.87. The van der Waals surface area contributed by atoms with Gasteiger partial charge in [0.05, 0.1) is 5.41 Å². The molecule has 0 saturated heterocycles. The number of aryl methyl sites for hydroxylation is 1. The molecular formula is C16H18FN3OS. The quantitative estimate of drug-likeness (QED) is 0.914. The molecule has 1 fully saturated rings. The second-order valence-electron chi connectivity index (χ2n) is 5.65. The van der Waals surface area contributed by atoms with Gasteiger partial charge in [0.1, 0.15) is 10.8 Å². The third kappa shape index (κ3) is 2.75. The molecular weight excluding hydrogens is 301 g/mol. The third-order valence-corrected chi connectivity index (χ3v) is 5.09. The van der Waals surface area contributed by atoms with Gasteiger partial charge in [0.15, 0.2) is 0 Å². The van der Waals surface area contributed by atoms with Crippen LogP contribution < -0.4 is 5.32 Å². The van der Waals surface area contributed by atoms with Crippen LogP contribution >= 0.6 is 11.3 Å². The van der Waals surface area contributed by atoms with Gasteiger partial charge in [-0.2, -0.15) is 0 Å². The minimum Gasteiger partial charge on any atom is -0.300 e. The highest BCUT2D eigenvalue weighted by Gasteiger charge is 2.45. The summed E-state index contributed by atoms with van der Waals surface area (Å²) in [4.78, 5) is 12.7. The summed E-state index contributed by atoms with van der Waals surface area (Å²) in [5, 5.41) is 12.5. The highest BCUT2D eigenvalue weighted by Crippen LogP contribution is 2.44. The van der Waals surface area contributed by atoms with Gasteiger partial charge in [-0.15, -0.1) is 10.2 Å². The Bertz CT molecular complexity index is 664. The van der Waals surface area contributed by atoms with Crippen molar-refractivity contribution in [2.24, 2.45) is 0 Å². The lowest BCUT2D eigenvalue weighted by atomic mass is 9.64. The van der Waals surface area contributed by atoms with Gasteiger partial charge >= 0.3 is 0 Å². The number of amides is 1. The number of carbonyl (C=O) groups is 1. The lowest BCUT2D eigenvalue weighted by molar-refractivity contribution is -0.124. The first-order valence-electron chi connectivity index (χ1n) is 7.54. The standard InChI is InChI=1S/C16H18FN3OS/c1-2-4-13-19-20-15(22-13)18-14(21)16(9-3-10-16)11-5-7-12(17)8-6-11/h5-8H,2-4,9-10H2,1H3,(H,18,20,21). The number of halogens is 1. The molecule has 4 nitrogen and oxygen atoms in total. The van der Waals surface area contributed by atoms with Gasteiger partial charge in [0, 0.05) is 6.42 Å². The van der Waals surface area contributed by atoms with E-state index in [1.165, 1.54) is 23.5 Å². The van der Waals surface area contributed by atoms with Gasteiger partial charge < -0.3 is 0 Å². The number of benzene rings is 1. The summed E-state index contributed by atoms with van der Waals surface area (Å²) >= 11 is 1.42. The number of carbonyl (C=O) groups excluding carboxylic acids is 1. The summed E-state index contributed by atoms with van der Waals surface area (Å²) in [7, 11) is 0. The van der Waals surface area contributed by atoms with E-state index in [0.29, 0.717) is 5.13 Å². The molecule has 0 spiro atoms. The number of anilines is 1. The van der Waals surface area contributed by atoms with E-state index < -0.39 is 5.41 Å². The minimum absolute atomic E-state index is 0.0652. The van der Waals surface area contributed by atoms with Gasteiger partial charge in [0.25, 0.3) is 0 Å². The number of hydrogen-bond donors (Lipinski definition) is 1. The Morgan fingerprint density at radius 1 is 1.32 bits per heavy atom. The average molecular weight is 319 g/mol. The summed E-state index contributed by atoms with van der Waals surface area (Å²) in [6.07, 6.45) is 4.44. The molecule has 0 atom stereocenters. The van der Waals surface area contributed by atoms with Gasteiger partial charge in [0.2, 0.25) is 11.0 Å². The van der Waals surface area contributed by atoms with Crippen LogP contribution in [0.4, 0.5) is 9.52 Å².